The van der Waals surface area contributed by atoms with Gasteiger partial charge in [-0.25, -0.2) is 17.9 Å². The Kier molecular flexibility index (Phi) is 8.16. The molecule has 0 saturated carbocycles. The highest BCUT2D eigenvalue weighted by Crippen LogP contribution is 2.29. The van der Waals surface area contributed by atoms with Gasteiger partial charge >= 0.3 is 6.09 Å². The van der Waals surface area contributed by atoms with Crippen molar-refractivity contribution in [3.8, 4) is 11.5 Å². The number of aryl methyl sites for hydroxylation is 2. The third-order valence-electron chi connectivity index (χ3n) is 6.24. The Hall–Kier alpha value is -4.11. The van der Waals surface area contributed by atoms with Crippen molar-refractivity contribution < 1.29 is 27.4 Å². The van der Waals surface area contributed by atoms with Gasteiger partial charge < -0.3 is 14.2 Å². The average Bonchev–Trinajstić information content (AvgIpc) is 2.90. The summed E-state index contributed by atoms with van der Waals surface area (Å²) in [5, 5.41) is 0.418. The molecule has 198 valence electrons. The minimum atomic E-state index is -4.20. The Labute approximate surface area is 222 Å². The molecule has 1 N–H and O–H groups in total. The van der Waals surface area contributed by atoms with Gasteiger partial charge in [-0.3, -0.25) is 4.98 Å². The normalized spacial score (nSPS) is 12.1. The zero-order valence-corrected chi connectivity index (χ0v) is 22.5. The van der Waals surface area contributed by atoms with Crippen LogP contribution in [0.25, 0.3) is 10.9 Å². The standard InChI is InChI=1S/C29H30N2O6S/c1-19-8-15-27(36-4)22(16-19)17-23(21-10-12-24(35-3)13-11-21)18-37-29(32)31-38(33,34)28-7-5-6-26-25(28)14-9-20(2)30-26/h5-16,23H,17-18H2,1-4H3,(H,31,32)/t23-/m0/s1. The number of amides is 1. The third-order valence-corrected chi connectivity index (χ3v) is 7.61. The molecule has 0 radical (unpaired) electrons. The molecule has 4 aromatic rings. The maximum atomic E-state index is 13.1. The Morgan fingerprint density at radius 1 is 0.947 bits per heavy atom. The number of fused-ring (bicyclic) bond motifs is 1. The Morgan fingerprint density at radius 3 is 2.42 bits per heavy atom. The van der Waals surface area contributed by atoms with Crippen LogP contribution in [0.5, 0.6) is 11.5 Å². The van der Waals surface area contributed by atoms with Crippen LogP contribution < -0.4 is 14.2 Å². The van der Waals surface area contributed by atoms with Crippen molar-refractivity contribution in [2.24, 2.45) is 0 Å². The molecular weight excluding hydrogens is 504 g/mol. The van der Waals surface area contributed by atoms with Gasteiger partial charge in [0.1, 0.15) is 18.1 Å². The van der Waals surface area contributed by atoms with Crippen molar-refractivity contribution in [3.05, 3.63) is 95.2 Å². The fraction of sp³-hybridized carbons (Fsp3) is 0.241. The summed E-state index contributed by atoms with van der Waals surface area (Å²) < 4.78 is 44.4. The lowest BCUT2D eigenvalue weighted by molar-refractivity contribution is 0.144. The van der Waals surface area contributed by atoms with E-state index in [-0.39, 0.29) is 17.4 Å². The van der Waals surface area contributed by atoms with Gasteiger partial charge in [0.25, 0.3) is 10.0 Å². The molecule has 1 heterocycles. The van der Waals surface area contributed by atoms with Gasteiger partial charge in [0.05, 0.1) is 24.6 Å². The summed E-state index contributed by atoms with van der Waals surface area (Å²) >= 11 is 0. The van der Waals surface area contributed by atoms with Gasteiger partial charge in [0.15, 0.2) is 0 Å². The number of pyridine rings is 1. The Balaban J connectivity index is 1.54. The first-order valence-electron chi connectivity index (χ1n) is 12.0. The van der Waals surface area contributed by atoms with Crippen LogP contribution in [-0.4, -0.2) is 40.3 Å². The van der Waals surface area contributed by atoms with E-state index in [1.54, 1.807) is 38.5 Å². The van der Waals surface area contributed by atoms with Crippen LogP contribution in [0.1, 0.15) is 28.3 Å². The van der Waals surface area contributed by atoms with Crippen LogP contribution in [0.3, 0.4) is 0 Å². The fourth-order valence-electron chi connectivity index (χ4n) is 4.31. The van der Waals surface area contributed by atoms with Crippen molar-refractivity contribution in [3.63, 3.8) is 0 Å². The van der Waals surface area contributed by atoms with E-state index in [1.165, 1.54) is 6.07 Å². The van der Waals surface area contributed by atoms with Gasteiger partial charge in [0, 0.05) is 17.0 Å². The Bertz CT molecular complexity index is 1550. The summed E-state index contributed by atoms with van der Waals surface area (Å²) in [6, 6.07) is 21.5. The molecule has 1 atom stereocenters. The largest absolute Gasteiger partial charge is 0.497 e. The predicted octanol–water partition coefficient (Wildman–Crippen LogP) is 5.31. The number of benzene rings is 3. The van der Waals surface area contributed by atoms with Crippen LogP contribution in [-0.2, 0) is 21.2 Å². The number of carbonyl (C=O) groups is 1. The summed E-state index contributed by atoms with van der Waals surface area (Å²) in [5.74, 6) is 1.15. The summed E-state index contributed by atoms with van der Waals surface area (Å²) in [4.78, 5) is 17.0. The summed E-state index contributed by atoms with van der Waals surface area (Å²) in [7, 11) is -1.00. The van der Waals surface area contributed by atoms with Gasteiger partial charge in [-0.15, -0.1) is 0 Å². The van der Waals surface area contributed by atoms with Crippen LogP contribution >= 0.6 is 0 Å². The van der Waals surface area contributed by atoms with Crippen molar-refractivity contribution in [2.45, 2.75) is 31.1 Å². The lowest BCUT2D eigenvalue weighted by atomic mass is 9.91. The molecule has 4 rings (SSSR count). The molecule has 3 aromatic carbocycles. The minimum Gasteiger partial charge on any atom is -0.497 e. The topological polar surface area (TPSA) is 104 Å². The average molecular weight is 535 g/mol. The maximum Gasteiger partial charge on any atom is 0.421 e. The summed E-state index contributed by atoms with van der Waals surface area (Å²) in [5.41, 5.74) is 4.20. The lowest BCUT2D eigenvalue weighted by Gasteiger charge is -2.20. The van der Waals surface area contributed by atoms with E-state index >= 15 is 0 Å². The SMILES string of the molecule is COc1ccc([C@H](COC(=O)NS(=O)(=O)c2cccc3nc(C)ccc23)Cc2cc(C)ccc2OC)cc1. The molecule has 1 amide bonds. The molecule has 0 aliphatic carbocycles. The first-order chi connectivity index (χ1) is 18.2. The molecule has 0 aliphatic heterocycles. The fourth-order valence-corrected chi connectivity index (χ4v) is 5.42. The quantitative estimate of drug-likeness (QED) is 0.310. The van der Waals surface area contributed by atoms with E-state index < -0.39 is 16.1 Å². The molecule has 0 bridgehead atoms. The summed E-state index contributed by atoms with van der Waals surface area (Å²) in [6.45, 7) is 3.76. The number of ether oxygens (including phenoxy) is 3. The Morgan fingerprint density at radius 2 is 1.71 bits per heavy atom. The van der Waals surface area contributed by atoms with E-state index in [0.717, 1.165) is 28.1 Å². The number of hydrogen-bond acceptors (Lipinski definition) is 7. The van der Waals surface area contributed by atoms with Crippen LogP contribution in [0.2, 0.25) is 0 Å². The molecule has 0 unspecified atom stereocenters. The number of sulfonamides is 1. The van der Waals surface area contributed by atoms with Gasteiger partial charge in [0.2, 0.25) is 0 Å². The molecule has 0 spiro atoms. The number of rotatable bonds is 9. The van der Waals surface area contributed by atoms with Gasteiger partial charge in [-0.2, -0.15) is 0 Å². The smallest absolute Gasteiger partial charge is 0.421 e. The third kappa shape index (κ3) is 6.23. The second-order valence-corrected chi connectivity index (χ2v) is 10.6. The number of carbonyl (C=O) groups excluding carboxylic acids is 1. The van der Waals surface area contributed by atoms with Crippen molar-refractivity contribution >= 4 is 27.0 Å². The zero-order chi connectivity index (χ0) is 27.3. The maximum absolute atomic E-state index is 13.1. The lowest BCUT2D eigenvalue weighted by Crippen LogP contribution is -2.32. The van der Waals surface area contributed by atoms with Crippen LogP contribution in [0, 0.1) is 13.8 Å². The molecule has 38 heavy (non-hydrogen) atoms. The first kappa shape index (κ1) is 26.9. The van der Waals surface area contributed by atoms with E-state index in [2.05, 4.69) is 4.98 Å². The van der Waals surface area contributed by atoms with Gasteiger partial charge in [-0.1, -0.05) is 35.9 Å². The highest BCUT2D eigenvalue weighted by molar-refractivity contribution is 7.90. The molecular formula is C29H30N2O6S. The van der Waals surface area contributed by atoms with E-state index in [0.29, 0.717) is 23.1 Å². The molecule has 0 fully saturated rings. The van der Waals surface area contributed by atoms with Crippen LogP contribution in [0.4, 0.5) is 4.79 Å². The van der Waals surface area contributed by atoms with Gasteiger partial charge in [-0.05, 0) is 73.9 Å². The van der Waals surface area contributed by atoms with Crippen molar-refractivity contribution in [1.82, 2.24) is 9.71 Å². The van der Waals surface area contributed by atoms with Crippen molar-refractivity contribution in [1.29, 1.82) is 0 Å². The van der Waals surface area contributed by atoms with E-state index in [1.807, 2.05) is 61.0 Å². The van der Waals surface area contributed by atoms with Crippen molar-refractivity contribution in [2.75, 3.05) is 20.8 Å². The molecule has 8 nitrogen and oxygen atoms in total. The first-order valence-corrected chi connectivity index (χ1v) is 13.5. The molecule has 0 saturated heterocycles. The second kappa shape index (κ2) is 11.5. The highest BCUT2D eigenvalue weighted by Gasteiger charge is 2.23. The van der Waals surface area contributed by atoms with Crippen LogP contribution in [0.15, 0.2) is 77.7 Å². The highest BCUT2D eigenvalue weighted by atomic mass is 32.2. The van der Waals surface area contributed by atoms with E-state index in [9.17, 15) is 13.2 Å². The minimum absolute atomic E-state index is 0.0457. The zero-order valence-electron chi connectivity index (χ0n) is 21.7. The summed E-state index contributed by atoms with van der Waals surface area (Å²) in [6.07, 6.45) is -0.553. The predicted molar refractivity (Wildman–Crippen MR) is 145 cm³/mol. The number of nitrogens with zero attached hydrogens (tertiary/aromatic N) is 1. The molecule has 1 aromatic heterocycles. The number of nitrogens with one attached hydrogen (secondary N) is 1. The number of hydrogen-bond donors (Lipinski definition) is 1. The number of methoxy groups -OCH3 is 2. The second-order valence-electron chi connectivity index (χ2n) is 8.97. The van der Waals surface area contributed by atoms with E-state index in [4.69, 9.17) is 14.2 Å². The molecule has 9 heteroatoms. The number of aromatic nitrogens is 1. The monoisotopic (exact) mass is 534 g/mol. The molecule has 0 aliphatic rings.